The van der Waals surface area contributed by atoms with Gasteiger partial charge >= 0.3 is 0 Å². The number of halogens is 1. The minimum atomic E-state index is -3.08. The molecule has 0 aliphatic carbocycles. The molecular weight excluding hydrogens is 290 g/mol. The van der Waals surface area contributed by atoms with Gasteiger partial charge in [0, 0.05) is 4.47 Å². The van der Waals surface area contributed by atoms with Crippen molar-refractivity contribution in [3.05, 3.63) is 34.3 Å². The van der Waals surface area contributed by atoms with E-state index in [1.54, 1.807) is 6.92 Å². The number of hydrogen-bond acceptors (Lipinski definition) is 3. The van der Waals surface area contributed by atoms with Gasteiger partial charge in [-0.25, -0.2) is 8.42 Å². The zero-order valence-electron chi connectivity index (χ0n) is 9.19. The number of benzene rings is 1. The Kier molecular flexibility index (Phi) is 4.95. The normalized spacial score (nSPS) is 13.7. The van der Waals surface area contributed by atoms with Crippen LogP contribution in [0.5, 0.6) is 0 Å². The van der Waals surface area contributed by atoms with E-state index in [1.165, 1.54) is 0 Å². The van der Waals surface area contributed by atoms with Crippen molar-refractivity contribution in [3.63, 3.8) is 0 Å². The van der Waals surface area contributed by atoms with Gasteiger partial charge in [0.2, 0.25) is 0 Å². The summed E-state index contributed by atoms with van der Waals surface area (Å²) in [6.45, 7) is 2.11. The first kappa shape index (κ1) is 13.7. The number of rotatable bonds is 5. The molecule has 0 amide bonds. The Balaban J connectivity index is 2.76. The van der Waals surface area contributed by atoms with Crippen LogP contribution in [-0.2, 0) is 15.6 Å². The van der Waals surface area contributed by atoms with E-state index in [9.17, 15) is 8.42 Å². The molecule has 0 bridgehead atoms. The fourth-order valence-electron chi connectivity index (χ4n) is 1.37. The van der Waals surface area contributed by atoms with E-state index in [0.717, 1.165) is 10.0 Å². The molecule has 3 nitrogen and oxygen atoms in total. The van der Waals surface area contributed by atoms with Gasteiger partial charge < -0.3 is 5.73 Å². The largest absolute Gasteiger partial charge is 0.330 e. The average Bonchev–Trinajstić information content (AvgIpc) is 2.21. The van der Waals surface area contributed by atoms with Crippen LogP contribution in [0.2, 0.25) is 0 Å². The molecule has 0 radical (unpaired) electrons. The van der Waals surface area contributed by atoms with E-state index in [-0.39, 0.29) is 11.0 Å². The van der Waals surface area contributed by atoms with Gasteiger partial charge in [0.25, 0.3) is 0 Å². The Labute approximate surface area is 105 Å². The minimum Gasteiger partial charge on any atom is -0.330 e. The predicted molar refractivity (Wildman–Crippen MR) is 69.9 cm³/mol. The van der Waals surface area contributed by atoms with Gasteiger partial charge in [-0.05, 0) is 37.6 Å². The lowest BCUT2D eigenvalue weighted by Crippen LogP contribution is -2.22. The zero-order valence-corrected chi connectivity index (χ0v) is 11.6. The Morgan fingerprint density at radius 3 is 2.38 bits per heavy atom. The topological polar surface area (TPSA) is 60.2 Å². The Morgan fingerprint density at radius 2 is 1.88 bits per heavy atom. The minimum absolute atomic E-state index is 0.0848. The third kappa shape index (κ3) is 3.88. The van der Waals surface area contributed by atoms with Crippen LogP contribution in [0.4, 0.5) is 0 Å². The van der Waals surface area contributed by atoms with Crippen LogP contribution >= 0.6 is 15.9 Å². The summed E-state index contributed by atoms with van der Waals surface area (Å²) in [5, 5.41) is -0.374. The highest BCUT2D eigenvalue weighted by atomic mass is 79.9. The van der Waals surface area contributed by atoms with Crippen molar-refractivity contribution in [1.29, 1.82) is 0 Å². The van der Waals surface area contributed by atoms with E-state index < -0.39 is 9.84 Å². The van der Waals surface area contributed by atoms with Gasteiger partial charge in [-0.1, -0.05) is 28.1 Å². The van der Waals surface area contributed by atoms with Crippen molar-refractivity contribution in [2.75, 3.05) is 6.54 Å². The van der Waals surface area contributed by atoms with E-state index in [0.29, 0.717) is 13.0 Å². The molecule has 0 fully saturated rings. The molecule has 5 heteroatoms. The molecule has 1 aromatic rings. The van der Waals surface area contributed by atoms with Gasteiger partial charge in [-0.15, -0.1) is 0 Å². The Bertz CT molecular complexity index is 428. The molecule has 0 aliphatic rings. The second-order valence-corrected chi connectivity index (χ2v) is 7.16. The third-order valence-corrected chi connectivity index (χ3v) is 5.19. The highest BCUT2D eigenvalue weighted by Gasteiger charge is 2.20. The van der Waals surface area contributed by atoms with Crippen molar-refractivity contribution in [3.8, 4) is 0 Å². The quantitative estimate of drug-likeness (QED) is 0.906. The van der Waals surface area contributed by atoms with Crippen molar-refractivity contribution < 1.29 is 8.42 Å². The second-order valence-electron chi connectivity index (χ2n) is 3.82. The number of hydrogen-bond donors (Lipinski definition) is 1. The van der Waals surface area contributed by atoms with Crippen LogP contribution in [0.25, 0.3) is 0 Å². The van der Waals surface area contributed by atoms with Crippen LogP contribution in [0.15, 0.2) is 28.7 Å². The van der Waals surface area contributed by atoms with Crippen LogP contribution in [0, 0.1) is 0 Å². The summed E-state index contributed by atoms with van der Waals surface area (Å²) in [5.74, 6) is 0.0848. The molecule has 0 heterocycles. The molecule has 0 saturated carbocycles. The van der Waals surface area contributed by atoms with E-state index >= 15 is 0 Å². The first-order chi connectivity index (χ1) is 7.45. The zero-order chi connectivity index (χ0) is 12.2. The predicted octanol–water partition coefficient (Wildman–Crippen LogP) is 2.10. The first-order valence-corrected chi connectivity index (χ1v) is 7.62. The maximum atomic E-state index is 11.9. The molecule has 2 N–H and O–H groups in total. The van der Waals surface area contributed by atoms with Gasteiger partial charge in [0.1, 0.15) is 0 Å². The summed E-state index contributed by atoms with van der Waals surface area (Å²) in [6, 6.07) is 7.32. The summed E-state index contributed by atoms with van der Waals surface area (Å²) in [5.41, 5.74) is 6.18. The van der Waals surface area contributed by atoms with Crippen molar-refractivity contribution in [2.24, 2.45) is 5.73 Å². The lowest BCUT2D eigenvalue weighted by Gasteiger charge is -2.11. The Hall–Kier alpha value is -0.390. The van der Waals surface area contributed by atoms with Crippen molar-refractivity contribution >= 4 is 25.8 Å². The van der Waals surface area contributed by atoms with E-state index in [4.69, 9.17) is 5.73 Å². The lowest BCUT2D eigenvalue weighted by atomic mass is 10.2. The van der Waals surface area contributed by atoms with Crippen LogP contribution < -0.4 is 5.73 Å². The Morgan fingerprint density at radius 1 is 1.31 bits per heavy atom. The summed E-state index contributed by atoms with van der Waals surface area (Å²) in [4.78, 5) is 0. The maximum absolute atomic E-state index is 11.9. The molecule has 0 aromatic heterocycles. The smallest absolute Gasteiger partial charge is 0.157 e. The number of nitrogens with two attached hydrogens (primary N) is 1. The summed E-state index contributed by atoms with van der Waals surface area (Å²) >= 11 is 3.31. The van der Waals surface area contributed by atoms with E-state index in [1.807, 2.05) is 24.3 Å². The summed E-state index contributed by atoms with van der Waals surface area (Å²) < 4.78 is 24.8. The molecule has 1 aromatic carbocycles. The van der Waals surface area contributed by atoms with Crippen molar-refractivity contribution in [2.45, 2.75) is 24.3 Å². The molecule has 1 unspecified atom stereocenters. The highest BCUT2D eigenvalue weighted by molar-refractivity contribution is 9.10. The fourth-order valence-corrected chi connectivity index (χ4v) is 3.07. The molecule has 0 aliphatic heterocycles. The fraction of sp³-hybridized carbons (Fsp3) is 0.455. The number of sulfone groups is 1. The SMILES string of the molecule is CC(CCN)S(=O)(=O)Cc1ccc(Br)cc1. The molecule has 1 rings (SSSR count). The van der Waals surface area contributed by atoms with Gasteiger partial charge in [0.15, 0.2) is 9.84 Å². The molecule has 16 heavy (non-hydrogen) atoms. The van der Waals surface area contributed by atoms with Gasteiger partial charge in [-0.3, -0.25) is 0 Å². The summed E-state index contributed by atoms with van der Waals surface area (Å²) in [7, 11) is -3.08. The van der Waals surface area contributed by atoms with Gasteiger partial charge in [0.05, 0.1) is 11.0 Å². The van der Waals surface area contributed by atoms with Crippen LogP contribution in [0.1, 0.15) is 18.9 Å². The monoisotopic (exact) mass is 305 g/mol. The maximum Gasteiger partial charge on any atom is 0.157 e. The summed E-state index contributed by atoms with van der Waals surface area (Å²) in [6.07, 6.45) is 0.513. The standard InChI is InChI=1S/C11H16BrNO2S/c1-9(6-7-13)16(14,15)8-10-2-4-11(12)5-3-10/h2-5,9H,6-8,13H2,1H3. The molecule has 0 saturated heterocycles. The average molecular weight is 306 g/mol. The highest BCUT2D eigenvalue weighted by Crippen LogP contribution is 2.16. The van der Waals surface area contributed by atoms with Crippen LogP contribution in [-0.4, -0.2) is 20.2 Å². The van der Waals surface area contributed by atoms with Crippen molar-refractivity contribution in [1.82, 2.24) is 0 Å². The third-order valence-electron chi connectivity index (χ3n) is 2.47. The lowest BCUT2D eigenvalue weighted by molar-refractivity contribution is 0.577. The molecule has 0 spiro atoms. The molecule has 90 valence electrons. The molecular formula is C11H16BrNO2S. The van der Waals surface area contributed by atoms with Gasteiger partial charge in [-0.2, -0.15) is 0 Å². The second kappa shape index (κ2) is 5.80. The van der Waals surface area contributed by atoms with E-state index in [2.05, 4.69) is 15.9 Å². The first-order valence-electron chi connectivity index (χ1n) is 5.12. The van der Waals surface area contributed by atoms with Crippen LogP contribution in [0.3, 0.4) is 0 Å². The molecule has 1 atom stereocenters.